The minimum absolute atomic E-state index is 0.0886. The second kappa shape index (κ2) is 11.1. The summed E-state index contributed by atoms with van der Waals surface area (Å²) in [4.78, 5) is 44.9. The predicted molar refractivity (Wildman–Crippen MR) is 143 cm³/mol. The summed E-state index contributed by atoms with van der Waals surface area (Å²) in [7, 11) is 2.79. The van der Waals surface area contributed by atoms with Crippen molar-refractivity contribution in [2.45, 2.75) is 33.2 Å². The number of Topliss-reactive ketones (excluding diaryl/α,β-unsaturated/α-hetero) is 1. The summed E-state index contributed by atoms with van der Waals surface area (Å²) >= 11 is 0.945. The summed E-state index contributed by atoms with van der Waals surface area (Å²) in [5.41, 5.74) is 1.97. The number of hydrogen-bond acceptors (Lipinski definition) is 9. The van der Waals surface area contributed by atoms with Crippen LogP contribution >= 0.6 is 11.3 Å². The SMILES string of the molecule is CCCOc1ccc(/C(O)=C2/C(=O)C(=O)N(c3nc(C)c(C(=O)OC)s3)C2c2ccc(OC)cc2)cc1C. The number of rotatable bonds is 8. The monoisotopic (exact) mass is 536 g/mol. The number of aliphatic hydroxyl groups excluding tert-OH is 1. The normalized spacial score (nSPS) is 16.6. The third kappa shape index (κ3) is 4.87. The van der Waals surface area contributed by atoms with Gasteiger partial charge in [0.2, 0.25) is 0 Å². The molecule has 198 valence electrons. The number of benzene rings is 2. The zero-order chi connectivity index (χ0) is 27.6. The number of aryl methyl sites for hydroxylation is 2. The smallest absolute Gasteiger partial charge is 0.350 e. The van der Waals surface area contributed by atoms with E-state index in [0.717, 1.165) is 23.3 Å². The van der Waals surface area contributed by atoms with Gasteiger partial charge in [-0.1, -0.05) is 30.4 Å². The number of ether oxygens (including phenoxy) is 3. The number of ketones is 1. The highest BCUT2D eigenvalue weighted by molar-refractivity contribution is 7.17. The third-order valence-corrected chi connectivity index (χ3v) is 7.28. The van der Waals surface area contributed by atoms with Gasteiger partial charge in [0.1, 0.15) is 22.1 Å². The van der Waals surface area contributed by atoms with E-state index in [1.54, 1.807) is 49.4 Å². The molecule has 0 radical (unpaired) electrons. The maximum absolute atomic E-state index is 13.4. The van der Waals surface area contributed by atoms with Gasteiger partial charge in [0.05, 0.1) is 38.1 Å². The quantitative estimate of drug-likeness (QED) is 0.186. The largest absolute Gasteiger partial charge is 0.507 e. The topological polar surface area (TPSA) is 115 Å². The Balaban J connectivity index is 1.88. The zero-order valence-electron chi connectivity index (χ0n) is 21.7. The van der Waals surface area contributed by atoms with E-state index in [9.17, 15) is 19.5 Å². The average molecular weight is 537 g/mol. The highest BCUT2D eigenvalue weighted by Crippen LogP contribution is 2.44. The van der Waals surface area contributed by atoms with Crippen molar-refractivity contribution in [2.75, 3.05) is 25.7 Å². The maximum Gasteiger partial charge on any atom is 0.350 e. The van der Waals surface area contributed by atoms with E-state index >= 15 is 0 Å². The first-order valence-electron chi connectivity index (χ1n) is 12.0. The van der Waals surface area contributed by atoms with Gasteiger partial charge in [-0.2, -0.15) is 0 Å². The molecule has 1 atom stereocenters. The van der Waals surface area contributed by atoms with Gasteiger partial charge in [-0.15, -0.1) is 0 Å². The molecular formula is C28H28N2O7S. The second-order valence-electron chi connectivity index (χ2n) is 8.67. The van der Waals surface area contributed by atoms with Crippen LogP contribution in [0, 0.1) is 13.8 Å². The molecule has 0 bridgehead atoms. The lowest BCUT2D eigenvalue weighted by molar-refractivity contribution is -0.132. The minimum Gasteiger partial charge on any atom is -0.507 e. The summed E-state index contributed by atoms with van der Waals surface area (Å²) in [5.74, 6) is -1.38. The Hall–Kier alpha value is -4.18. The Morgan fingerprint density at radius 2 is 1.82 bits per heavy atom. The molecule has 1 aromatic heterocycles. The van der Waals surface area contributed by atoms with Gasteiger partial charge in [0.15, 0.2) is 5.13 Å². The summed E-state index contributed by atoms with van der Waals surface area (Å²) in [6, 6.07) is 10.9. The van der Waals surface area contributed by atoms with Crippen LogP contribution in [0.4, 0.5) is 5.13 Å². The summed E-state index contributed by atoms with van der Waals surface area (Å²) in [6.45, 7) is 6.02. The molecule has 2 aromatic carbocycles. The van der Waals surface area contributed by atoms with Crippen LogP contribution in [0.15, 0.2) is 48.0 Å². The molecule has 1 aliphatic rings. The number of hydrogen-bond donors (Lipinski definition) is 1. The molecule has 10 heteroatoms. The number of aliphatic hydroxyl groups is 1. The lowest BCUT2D eigenvalue weighted by atomic mass is 9.95. The molecule has 0 spiro atoms. The Morgan fingerprint density at radius 1 is 1.11 bits per heavy atom. The fourth-order valence-electron chi connectivity index (χ4n) is 4.22. The Bertz CT molecular complexity index is 1430. The van der Waals surface area contributed by atoms with Crippen LogP contribution in [0.2, 0.25) is 0 Å². The average Bonchev–Trinajstić information content (AvgIpc) is 3.43. The van der Waals surface area contributed by atoms with Gasteiger partial charge in [-0.05, 0) is 61.7 Å². The van der Waals surface area contributed by atoms with Crippen molar-refractivity contribution in [1.29, 1.82) is 0 Å². The van der Waals surface area contributed by atoms with E-state index in [2.05, 4.69) is 4.98 Å². The van der Waals surface area contributed by atoms with Gasteiger partial charge in [-0.3, -0.25) is 14.5 Å². The second-order valence-corrected chi connectivity index (χ2v) is 9.65. The number of nitrogens with zero attached hydrogens (tertiary/aromatic N) is 2. The lowest BCUT2D eigenvalue weighted by Crippen LogP contribution is -2.29. The van der Waals surface area contributed by atoms with Crippen LogP contribution in [0.1, 0.15) is 51.4 Å². The Labute approximate surface area is 224 Å². The van der Waals surface area contributed by atoms with E-state index in [1.165, 1.54) is 19.1 Å². The number of thiazole rings is 1. The molecule has 38 heavy (non-hydrogen) atoms. The first-order chi connectivity index (χ1) is 18.2. The van der Waals surface area contributed by atoms with E-state index in [-0.39, 0.29) is 21.3 Å². The van der Waals surface area contributed by atoms with Crippen molar-refractivity contribution >= 4 is 39.9 Å². The Kier molecular flexibility index (Phi) is 7.82. The van der Waals surface area contributed by atoms with Crippen molar-refractivity contribution in [1.82, 2.24) is 4.98 Å². The molecule has 1 N–H and O–H groups in total. The van der Waals surface area contributed by atoms with Gasteiger partial charge in [0.25, 0.3) is 5.78 Å². The summed E-state index contributed by atoms with van der Waals surface area (Å²) in [6.07, 6.45) is 0.848. The van der Waals surface area contributed by atoms with Crippen LogP contribution in [0.5, 0.6) is 11.5 Å². The van der Waals surface area contributed by atoms with Crippen LogP contribution in [-0.2, 0) is 14.3 Å². The fourth-order valence-corrected chi connectivity index (χ4v) is 5.24. The Morgan fingerprint density at radius 3 is 2.42 bits per heavy atom. The molecular weight excluding hydrogens is 508 g/mol. The van der Waals surface area contributed by atoms with E-state index in [0.29, 0.717) is 34.9 Å². The number of methoxy groups -OCH3 is 2. The molecule has 4 rings (SSSR count). The number of anilines is 1. The highest BCUT2D eigenvalue weighted by Gasteiger charge is 2.48. The molecule has 0 aliphatic carbocycles. The molecule has 1 fully saturated rings. The molecule has 1 amide bonds. The zero-order valence-corrected chi connectivity index (χ0v) is 22.5. The van der Waals surface area contributed by atoms with E-state index in [1.807, 2.05) is 13.8 Å². The highest BCUT2D eigenvalue weighted by atomic mass is 32.1. The van der Waals surface area contributed by atoms with Crippen LogP contribution in [0.3, 0.4) is 0 Å². The van der Waals surface area contributed by atoms with Crippen LogP contribution in [-0.4, -0.2) is 48.6 Å². The van der Waals surface area contributed by atoms with Gasteiger partial charge in [0, 0.05) is 5.56 Å². The molecule has 1 saturated heterocycles. The van der Waals surface area contributed by atoms with Crippen molar-refractivity contribution < 1.29 is 33.7 Å². The first-order valence-corrected chi connectivity index (χ1v) is 12.8. The van der Waals surface area contributed by atoms with Crippen molar-refractivity contribution in [3.8, 4) is 11.5 Å². The number of aromatic nitrogens is 1. The molecule has 3 aromatic rings. The maximum atomic E-state index is 13.4. The molecule has 9 nitrogen and oxygen atoms in total. The summed E-state index contributed by atoms with van der Waals surface area (Å²) < 4.78 is 15.8. The number of carbonyl (C=O) groups excluding carboxylic acids is 3. The van der Waals surface area contributed by atoms with Gasteiger partial charge in [-0.25, -0.2) is 9.78 Å². The van der Waals surface area contributed by atoms with Crippen molar-refractivity contribution in [3.05, 3.63) is 75.3 Å². The third-order valence-electron chi connectivity index (χ3n) is 6.15. The number of carbonyl (C=O) groups is 3. The number of amides is 1. The van der Waals surface area contributed by atoms with Crippen LogP contribution < -0.4 is 14.4 Å². The molecule has 1 unspecified atom stereocenters. The van der Waals surface area contributed by atoms with E-state index in [4.69, 9.17) is 14.2 Å². The molecule has 2 heterocycles. The molecule has 1 aliphatic heterocycles. The first kappa shape index (κ1) is 26.9. The van der Waals surface area contributed by atoms with E-state index < -0.39 is 23.7 Å². The van der Waals surface area contributed by atoms with Crippen molar-refractivity contribution in [3.63, 3.8) is 0 Å². The number of esters is 1. The van der Waals surface area contributed by atoms with Crippen LogP contribution in [0.25, 0.3) is 5.76 Å². The predicted octanol–water partition coefficient (Wildman–Crippen LogP) is 4.97. The summed E-state index contributed by atoms with van der Waals surface area (Å²) in [5, 5.41) is 11.5. The van der Waals surface area contributed by atoms with Crippen molar-refractivity contribution in [2.24, 2.45) is 0 Å². The standard InChI is InChI=1S/C28H28N2O7S/c1-6-13-37-20-12-9-18(14-15(20)2)23(31)21-22(17-7-10-19(35-4)11-8-17)30(26(33)24(21)32)28-29-16(3)25(38-28)27(34)36-5/h7-12,14,22,31H,6,13H2,1-5H3/b23-21-. The van der Waals surface area contributed by atoms with Gasteiger partial charge < -0.3 is 19.3 Å². The fraction of sp³-hybridized carbons (Fsp3) is 0.286. The lowest BCUT2D eigenvalue weighted by Gasteiger charge is -2.23. The minimum atomic E-state index is -0.992. The van der Waals surface area contributed by atoms with Gasteiger partial charge >= 0.3 is 11.9 Å². The molecule has 0 saturated carbocycles.